The van der Waals surface area contributed by atoms with Crippen molar-refractivity contribution in [3.8, 4) is 0 Å². The highest BCUT2D eigenvalue weighted by atomic mass is 16.4. The van der Waals surface area contributed by atoms with Crippen molar-refractivity contribution >= 4 is 23.9 Å². The van der Waals surface area contributed by atoms with Gasteiger partial charge in [-0.2, -0.15) is 0 Å². The van der Waals surface area contributed by atoms with Gasteiger partial charge in [0.25, 0.3) is 0 Å². The molecule has 2 saturated heterocycles. The van der Waals surface area contributed by atoms with Gasteiger partial charge in [0.05, 0.1) is 12.1 Å². The Morgan fingerprint density at radius 2 is 1.85 bits per heavy atom. The van der Waals surface area contributed by atoms with Crippen LogP contribution in [0.15, 0.2) is 30.3 Å². The monoisotopic (exact) mass is 460 g/mol. The molecule has 0 saturated carbocycles. The van der Waals surface area contributed by atoms with E-state index in [2.05, 4.69) is 10.6 Å². The van der Waals surface area contributed by atoms with Crippen LogP contribution in [-0.4, -0.2) is 88.2 Å². The number of amides is 3. The van der Waals surface area contributed by atoms with Crippen LogP contribution in [0.2, 0.25) is 0 Å². The molecule has 2 heterocycles. The highest BCUT2D eigenvalue weighted by Gasteiger charge is 2.50. The second kappa shape index (κ2) is 10.7. The summed E-state index contributed by atoms with van der Waals surface area (Å²) in [7, 11) is 1.53. The van der Waals surface area contributed by atoms with Gasteiger partial charge < -0.3 is 25.3 Å². The van der Waals surface area contributed by atoms with Crippen LogP contribution in [0.5, 0.6) is 0 Å². The first kappa shape index (κ1) is 24.5. The molecule has 1 aromatic rings. The predicted molar refractivity (Wildman–Crippen MR) is 120 cm³/mol. The zero-order valence-electron chi connectivity index (χ0n) is 18.9. The fourth-order valence-electron chi connectivity index (χ4n) is 4.91. The van der Waals surface area contributed by atoms with Crippen molar-refractivity contribution in [1.29, 1.82) is 0 Å². The topological polar surface area (TPSA) is 139 Å². The number of carbonyl (C=O) groups excluding carboxylic acids is 2. The van der Waals surface area contributed by atoms with E-state index in [-0.39, 0.29) is 24.9 Å². The van der Waals surface area contributed by atoms with Crippen LogP contribution in [0.1, 0.15) is 31.7 Å². The first-order valence-electron chi connectivity index (χ1n) is 11.3. The minimum absolute atomic E-state index is 0.0171. The molecule has 0 aliphatic carbocycles. The zero-order valence-corrected chi connectivity index (χ0v) is 18.9. The van der Waals surface area contributed by atoms with Crippen LogP contribution in [0.3, 0.4) is 0 Å². The maximum absolute atomic E-state index is 13.4. The third-order valence-corrected chi connectivity index (χ3v) is 6.67. The largest absolute Gasteiger partial charge is 0.480 e. The van der Waals surface area contributed by atoms with E-state index in [9.17, 15) is 29.4 Å². The molecule has 0 bridgehead atoms. The van der Waals surface area contributed by atoms with E-state index in [0.29, 0.717) is 25.8 Å². The minimum Gasteiger partial charge on any atom is -0.480 e. The maximum atomic E-state index is 13.4. The number of carbonyl (C=O) groups is 4. The van der Waals surface area contributed by atoms with Gasteiger partial charge in [-0.1, -0.05) is 30.3 Å². The Balaban J connectivity index is 1.71. The number of rotatable bonds is 8. The fourth-order valence-corrected chi connectivity index (χ4v) is 4.91. The second-order valence-electron chi connectivity index (χ2n) is 8.76. The molecule has 2 aliphatic rings. The summed E-state index contributed by atoms with van der Waals surface area (Å²) < 4.78 is 0. The number of aliphatic carboxylic acids is 2. The summed E-state index contributed by atoms with van der Waals surface area (Å²) in [5, 5.41) is 24.9. The number of benzene rings is 1. The lowest BCUT2D eigenvalue weighted by Crippen LogP contribution is -2.59. The molecular weight excluding hydrogens is 428 g/mol. The van der Waals surface area contributed by atoms with Crippen molar-refractivity contribution in [2.24, 2.45) is 5.92 Å². The molecular formula is C23H32N4O6. The lowest BCUT2D eigenvalue weighted by Gasteiger charge is -2.39. The van der Waals surface area contributed by atoms with Crippen LogP contribution in [0.25, 0.3) is 0 Å². The van der Waals surface area contributed by atoms with E-state index >= 15 is 0 Å². The van der Waals surface area contributed by atoms with Gasteiger partial charge in [-0.05, 0) is 44.1 Å². The highest BCUT2D eigenvalue weighted by Crippen LogP contribution is 2.36. The summed E-state index contributed by atoms with van der Waals surface area (Å²) in [5.41, 5.74) is 0.995. The van der Waals surface area contributed by atoms with Gasteiger partial charge in [0.2, 0.25) is 5.91 Å². The number of nitrogens with zero attached hydrogens (tertiary/aromatic N) is 2. The van der Waals surface area contributed by atoms with Crippen molar-refractivity contribution in [2.45, 2.75) is 56.8 Å². The predicted octanol–water partition coefficient (Wildman–Crippen LogP) is 0.766. The number of hydrogen-bond acceptors (Lipinski definition) is 5. The minimum atomic E-state index is -1.09. The average Bonchev–Trinajstić information content (AvgIpc) is 3.20. The molecule has 0 aromatic heterocycles. The Hall–Kier alpha value is -3.14. The molecule has 10 heteroatoms. The average molecular weight is 461 g/mol. The number of carboxylic acid groups (broad SMARTS) is 2. The smallest absolute Gasteiger partial charge is 0.326 e. The molecule has 10 nitrogen and oxygen atoms in total. The van der Waals surface area contributed by atoms with Crippen molar-refractivity contribution in [1.82, 2.24) is 20.4 Å². The number of urea groups is 1. The number of piperidine rings is 1. The van der Waals surface area contributed by atoms with Gasteiger partial charge in [-0.25, -0.2) is 9.59 Å². The van der Waals surface area contributed by atoms with Gasteiger partial charge in [0.15, 0.2) is 0 Å². The van der Waals surface area contributed by atoms with E-state index in [1.807, 2.05) is 30.3 Å². The molecule has 2 aliphatic heterocycles. The van der Waals surface area contributed by atoms with Gasteiger partial charge in [-0.3, -0.25) is 14.9 Å². The van der Waals surface area contributed by atoms with Gasteiger partial charge >= 0.3 is 18.0 Å². The van der Waals surface area contributed by atoms with Crippen molar-refractivity contribution in [2.75, 3.05) is 20.1 Å². The number of nitrogens with one attached hydrogen (secondary N) is 2. The van der Waals surface area contributed by atoms with E-state index < -0.39 is 42.0 Å². The summed E-state index contributed by atoms with van der Waals surface area (Å²) in [6, 6.07) is 5.95. The number of likely N-dealkylation sites (tertiary alicyclic amines) is 2. The van der Waals surface area contributed by atoms with E-state index in [4.69, 9.17) is 0 Å². The first-order chi connectivity index (χ1) is 15.7. The number of fused-ring (bicyclic) bond motifs is 1. The second-order valence-corrected chi connectivity index (χ2v) is 8.76. The first-order valence-corrected chi connectivity index (χ1v) is 11.3. The van der Waals surface area contributed by atoms with Crippen LogP contribution >= 0.6 is 0 Å². The third-order valence-electron chi connectivity index (χ3n) is 6.67. The van der Waals surface area contributed by atoms with Crippen LogP contribution in [-0.2, 0) is 20.8 Å². The molecule has 1 aromatic carbocycles. The van der Waals surface area contributed by atoms with Crippen LogP contribution in [0.4, 0.5) is 4.79 Å². The third kappa shape index (κ3) is 5.62. The lowest BCUT2D eigenvalue weighted by molar-refractivity contribution is -0.151. The Morgan fingerprint density at radius 1 is 1.15 bits per heavy atom. The molecule has 5 unspecified atom stereocenters. The number of hydrogen-bond donors (Lipinski definition) is 4. The van der Waals surface area contributed by atoms with E-state index in [1.165, 1.54) is 11.9 Å². The SMILES string of the molecule is CNC(=O)N1CCC2CC(C(=O)O)N(C(=O)C(C)NC(CCc3ccccc3)C(=O)O)C2C1. The molecule has 5 atom stereocenters. The molecule has 4 N–H and O–H groups in total. The molecule has 0 radical (unpaired) electrons. The molecule has 3 amide bonds. The maximum Gasteiger partial charge on any atom is 0.326 e. The summed E-state index contributed by atoms with van der Waals surface area (Å²) in [5.74, 6) is -2.63. The van der Waals surface area contributed by atoms with Crippen LogP contribution < -0.4 is 10.6 Å². The summed E-state index contributed by atoms with van der Waals surface area (Å²) in [6.45, 7) is 2.32. The van der Waals surface area contributed by atoms with E-state index in [0.717, 1.165) is 5.56 Å². The van der Waals surface area contributed by atoms with Crippen molar-refractivity contribution < 1.29 is 29.4 Å². The Bertz CT molecular complexity index is 879. The van der Waals surface area contributed by atoms with Crippen molar-refractivity contribution in [3.63, 3.8) is 0 Å². The quantitative estimate of drug-likeness (QED) is 0.449. The Labute approximate surface area is 192 Å². The fraction of sp³-hybridized carbons (Fsp3) is 0.565. The van der Waals surface area contributed by atoms with Crippen LogP contribution in [0, 0.1) is 5.92 Å². The molecule has 2 fully saturated rings. The standard InChI is InChI=1S/C23H32N4O6/c1-14(25-17(21(29)30)9-8-15-6-4-3-5-7-15)20(28)27-18(22(31)32)12-16-10-11-26(13-19(16)27)23(33)24-2/h3-7,14,16-19,25H,8-13H2,1-2H3,(H,24,33)(H,29,30)(H,31,32). The Kier molecular flexibility index (Phi) is 7.91. The van der Waals surface area contributed by atoms with Gasteiger partial charge in [0.1, 0.15) is 12.1 Å². The zero-order chi connectivity index (χ0) is 24.1. The lowest BCUT2D eigenvalue weighted by atomic mass is 9.91. The van der Waals surface area contributed by atoms with Crippen molar-refractivity contribution in [3.05, 3.63) is 35.9 Å². The molecule has 3 rings (SSSR count). The summed E-state index contributed by atoms with van der Waals surface area (Å²) >= 11 is 0. The summed E-state index contributed by atoms with van der Waals surface area (Å²) in [6.07, 6.45) is 1.76. The molecule has 33 heavy (non-hydrogen) atoms. The normalized spacial score (nSPS) is 24.0. The van der Waals surface area contributed by atoms with E-state index in [1.54, 1.807) is 11.8 Å². The highest BCUT2D eigenvalue weighted by molar-refractivity contribution is 5.88. The molecule has 180 valence electrons. The summed E-state index contributed by atoms with van der Waals surface area (Å²) in [4.78, 5) is 52.2. The molecule has 0 spiro atoms. The number of aryl methyl sites for hydroxylation is 1. The van der Waals surface area contributed by atoms with Gasteiger partial charge in [-0.15, -0.1) is 0 Å². The number of carboxylic acids is 2. The van der Waals surface area contributed by atoms with Gasteiger partial charge in [0, 0.05) is 20.1 Å². The Morgan fingerprint density at radius 3 is 2.45 bits per heavy atom.